The first-order valence-electron chi connectivity index (χ1n) is 9.10. The predicted molar refractivity (Wildman–Crippen MR) is 110 cm³/mol. The first-order valence-corrected chi connectivity index (χ1v) is 9.85. The van der Waals surface area contributed by atoms with E-state index in [1.165, 1.54) is 0 Å². The van der Waals surface area contributed by atoms with Crippen molar-refractivity contribution >= 4 is 35.0 Å². The number of amides is 2. The van der Waals surface area contributed by atoms with Gasteiger partial charge in [0.2, 0.25) is 5.91 Å². The minimum absolute atomic E-state index is 0.104. The fourth-order valence-corrected chi connectivity index (χ4v) is 3.86. The number of aryl methyl sites for hydroxylation is 1. The molecule has 2 aromatic rings. The number of halogens is 2. The summed E-state index contributed by atoms with van der Waals surface area (Å²) in [5.41, 5.74) is 0.223. The van der Waals surface area contributed by atoms with E-state index in [0.29, 0.717) is 53.0 Å². The number of carbonyl (C=O) groups excluding carboxylic acids is 2. The average Bonchev–Trinajstić information content (AvgIpc) is 2.65. The largest absolute Gasteiger partial charge is 0.339 e. The number of benzene rings is 1. The maximum atomic E-state index is 12.6. The van der Waals surface area contributed by atoms with Crippen molar-refractivity contribution in [2.24, 2.45) is 0 Å². The first-order chi connectivity index (χ1) is 13.7. The molecule has 154 valence electrons. The number of nitrogens with zero attached hydrogens (tertiary/aromatic N) is 2. The van der Waals surface area contributed by atoms with Crippen LogP contribution in [0, 0.1) is 6.92 Å². The molecule has 1 aromatic carbocycles. The lowest BCUT2D eigenvalue weighted by Gasteiger charge is -2.35. The van der Waals surface area contributed by atoms with Crippen molar-refractivity contribution in [1.82, 2.24) is 19.8 Å². The highest BCUT2D eigenvalue weighted by Crippen LogP contribution is 2.21. The Morgan fingerprint density at radius 2 is 1.55 bits per heavy atom. The highest BCUT2D eigenvalue weighted by molar-refractivity contribution is 6.35. The minimum atomic E-state index is -0.565. The predicted octanol–water partition coefficient (Wildman–Crippen LogP) is 1.60. The van der Waals surface area contributed by atoms with Crippen molar-refractivity contribution in [3.63, 3.8) is 0 Å². The summed E-state index contributed by atoms with van der Waals surface area (Å²) in [6.07, 6.45) is 0.380. The van der Waals surface area contributed by atoms with Crippen molar-refractivity contribution in [1.29, 1.82) is 0 Å². The van der Waals surface area contributed by atoms with Crippen LogP contribution in [0.25, 0.3) is 0 Å². The smallest absolute Gasteiger partial charge is 0.325 e. The lowest BCUT2D eigenvalue weighted by molar-refractivity contribution is -0.132. The fraction of sp³-hybridized carbons (Fsp3) is 0.368. The summed E-state index contributed by atoms with van der Waals surface area (Å²) in [5, 5.41) is 0.782. The molecule has 0 bridgehead atoms. The molecule has 2 N–H and O–H groups in total. The standard InChI is InChI=1S/C19H20Cl2N4O4/c1-11-15(17(27)23-19(29)22-11)2-3-16(26)24-4-6-25(7-5-24)18(28)12-8-13(20)10-14(21)9-12/h8-10H,2-7H2,1H3,(H2,22,23,27,29). The van der Waals surface area contributed by atoms with Gasteiger partial charge in [0.25, 0.3) is 11.5 Å². The molecule has 1 aromatic heterocycles. The van der Waals surface area contributed by atoms with E-state index in [9.17, 15) is 19.2 Å². The molecule has 0 unspecified atom stereocenters. The lowest BCUT2D eigenvalue weighted by atomic mass is 10.1. The van der Waals surface area contributed by atoms with Gasteiger partial charge in [-0.2, -0.15) is 0 Å². The van der Waals surface area contributed by atoms with Gasteiger partial charge < -0.3 is 14.8 Å². The molecule has 0 saturated carbocycles. The Bertz CT molecular complexity index is 1030. The monoisotopic (exact) mass is 438 g/mol. The number of H-pyrrole nitrogens is 2. The van der Waals surface area contributed by atoms with Crippen molar-refractivity contribution < 1.29 is 9.59 Å². The summed E-state index contributed by atoms with van der Waals surface area (Å²) >= 11 is 11.9. The van der Waals surface area contributed by atoms with E-state index in [1.807, 2.05) is 0 Å². The average molecular weight is 439 g/mol. The highest BCUT2D eigenvalue weighted by atomic mass is 35.5. The molecule has 0 spiro atoms. The molecule has 8 nitrogen and oxygen atoms in total. The number of nitrogens with one attached hydrogen (secondary N) is 2. The Morgan fingerprint density at radius 3 is 2.14 bits per heavy atom. The molecule has 29 heavy (non-hydrogen) atoms. The number of aromatic amines is 2. The SMILES string of the molecule is Cc1[nH]c(=O)[nH]c(=O)c1CCC(=O)N1CCN(C(=O)c2cc(Cl)cc(Cl)c2)CC1. The van der Waals surface area contributed by atoms with Crippen LogP contribution >= 0.6 is 23.2 Å². The Kier molecular flexibility index (Phi) is 6.44. The zero-order valence-electron chi connectivity index (χ0n) is 15.8. The van der Waals surface area contributed by atoms with Crippen molar-refractivity contribution in [3.05, 3.63) is 65.9 Å². The molecular formula is C19H20Cl2N4O4. The second-order valence-corrected chi connectivity index (χ2v) is 7.72. The van der Waals surface area contributed by atoms with Gasteiger partial charge >= 0.3 is 5.69 Å². The van der Waals surface area contributed by atoms with Gasteiger partial charge in [0.1, 0.15) is 0 Å². The van der Waals surface area contributed by atoms with E-state index in [0.717, 1.165) is 0 Å². The number of aromatic nitrogens is 2. The number of carbonyl (C=O) groups is 2. The lowest BCUT2D eigenvalue weighted by Crippen LogP contribution is -2.50. The Labute approximate surface area is 176 Å². The van der Waals surface area contributed by atoms with Crippen LogP contribution < -0.4 is 11.2 Å². The van der Waals surface area contributed by atoms with Gasteiger partial charge in [-0.05, 0) is 31.5 Å². The molecule has 1 aliphatic heterocycles. The van der Waals surface area contributed by atoms with Crippen LogP contribution in [-0.4, -0.2) is 57.8 Å². The third-order valence-electron chi connectivity index (χ3n) is 4.87. The number of hydrogen-bond donors (Lipinski definition) is 2. The zero-order chi connectivity index (χ0) is 21.1. The van der Waals surface area contributed by atoms with Gasteiger partial charge in [0.05, 0.1) is 0 Å². The van der Waals surface area contributed by atoms with Crippen molar-refractivity contribution in [3.8, 4) is 0 Å². The summed E-state index contributed by atoms with van der Waals surface area (Å²) in [7, 11) is 0. The Hall–Kier alpha value is -2.58. The summed E-state index contributed by atoms with van der Waals surface area (Å²) in [5.74, 6) is -0.287. The zero-order valence-corrected chi connectivity index (χ0v) is 17.3. The maximum absolute atomic E-state index is 12.6. The quantitative estimate of drug-likeness (QED) is 0.755. The second kappa shape index (κ2) is 8.84. The van der Waals surface area contributed by atoms with Crippen LogP contribution in [0.15, 0.2) is 27.8 Å². The summed E-state index contributed by atoms with van der Waals surface area (Å²) in [4.78, 5) is 56.3. The van der Waals surface area contributed by atoms with Crippen LogP contribution in [-0.2, 0) is 11.2 Å². The molecule has 0 aliphatic carbocycles. The van der Waals surface area contributed by atoms with Crippen LogP contribution in [0.4, 0.5) is 0 Å². The van der Waals surface area contributed by atoms with E-state index < -0.39 is 11.2 Å². The normalized spacial score (nSPS) is 14.2. The van der Waals surface area contributed by atoms with Crippen molar-refractivity contribution in [2.75, 3.05) is 26.2 Å². The van der Waals surface area contributed by atoms with Gasteiger partial charge in [-0.15, -0.1) is 0 Å². The number of piperazine rings is 1. The van der Waals surface area contributed by atoms with E-state index >= 15 is 0 Å². The fourth-order valence-electron chi connectivity index (χ4n) is 3.34. The molecule has 0 radical (unpaired) electrons. The van der Waals surface area contributed by atoms with E-state index in [4.69, 9.17) is 23.2 Å². The molecule has 1 saturated heterocycles. The molecule has 0 atom stereocenters. The Morgan fingerprint density at radius 1 is 0.966 bits per heavy atom. The molecule has 1 fully saturated rings. The van der Waals surface area contributed by atoms with Crippen LogP contribution in [0.3, 0.4) is 0 Å². The van der Waals surface area contributed by atoms with Crippen LogP contribution in [0.1, 0.15) is 28.0 Å². The Balaban J connectivity index is 1.56. The number of rotatable bonds is 4. The maximum Gasteiger partial charge on any atom is 0.325 e. The van der Waals surface area contributed by atoms with Crippen molar-refractivity contribution in [2.45, 2.75) is 19.8 Å². The molecule has 2 heterocycles. The summed E-state index contributed by atoms with van der Waals surface area (Å²) in [6, 6.07) is 4.69. The summed E-state index contributed by atoms with van der Waals surface area (Å²) < 4.78 is 0. The molecular weight excluding hydrogens is 419 g/mol. The van der Waals surface area contributed by atoms with E-state index in [2.05, 4.69) is 9.97 Å². The van der Waals surface area contributed by atoms with Crippen LogP contribution in [0.2, 0.25) is 10.0 Å². The van der Waals surface area contributed by atoms with E-state index in [1.54, 1.807) is 34.9 Å². The molecule has 3 rings (SSSR count). The third kappa shape index (κ3) is 5.07. The van der Waals surface area contributed by atoms with Gasteiger partial charge in [-0.3, -0.25) is 19.4 Å². The van der Waals surface area contributed by atoms with Gasteiger partial charge in [0, 0.05) is 59.5 Å². The topological polar surface area (TPSA) is 106 Å². The number of hydrogen-bond acceptors (Lipinski definition) is 4. The molecule has 10 heteroatoms. The molecule has 1 aliphatic rings. The van der Waals surface area contributed by atoms with Gasteiger partial charge in [-0.25, -0.2) is 4.79 Å². The van der Waals surface area contributed by atoms with Crippen LogP contribution in [0.5, 0.6) is 0 Å². The highest BCUT2D eigenvalue weighted by Gasteiger charge is 2.25. The molecule has 2 amide bonds. The van der Waals surface area contributed by atoms with Gasteiger partial charge in [0.15, 0.2) is 0 Å². The first kappa shape index (κ1) is 21.1. The minimum Gasteiger partial charge on any atom is -0.339 e. The second-order valence-electron chi connectivity index (χ2n) is 6.84. The summed E-state index contributed by atoms with van der Waals surface area (Å²) in [6.45, 7) is 3.22. The van der Waals surface area contributed by atoms with Gasteiger partial charge in [-0.1, -0.05) is 23.2 Å². The van der Waals surface area contributed by atoms with E-state index in [-0.39, 0.29) is 24.7 Å². The third-order valence-corrected chi connectivity index (χ3v) is 5.31.